The third kappa shape index (κ3) is 4.95. The zero-order chi connectivity index (χ0) is 21.1. The van der Waals surface area contributed by atoms with Crippen molar-refractivity contribution in [2.45, 2.75) is 64.9 Å². The SMILES string of the molecule is CCC(O)COc1ccc(C2(c3ccc(OC)cc3)CC(C)CC(C)(C)C2)cc1. The van der Waals surface area contributed by atoms with Gasteiger partial charge in [-0.2, -0.15) is 0 Å². The third-order valence-corrected chi connectivity index (χ3v) is 6.34. The molecule has 0 spiro atoms. The standard InChI is InChI=1S/C26H36O3/c1-6-22(27)17-29-24-13-9-21(10-14-24)26(16-19(2)15-25(3,4)18-26)20-7-11-23(28-5)12-8-20/h7-14,19,22,27H,6,15-18H2,1-5H3. The summed E-state index contributed by atoms with van der Waals surface area (Å²) in [5.41, 5.74) is 2.95. The highest BCUT2D eigenvalue weighted by Gasteiger charge is 2.45. The molecule has 0 heterocycles. The van der Waals surface area contributed by atoms with Gasteiger partial charge in [-0.15, -0.1) is 0 Å². The number of rotatable bonds is 7. The van der Waals surface area contributed by atoms with E-state index in [2.05, 4.69) is 69.3 Å². The smallest absolute Gasteiger partial charge is 0.119 e. The number of hydrogen-bond acceptors (Lipinski definition) is 3. The van der Waals surface area contributed by atoms with Crippen molar-refractivity contribution in [3.63, 3.8) is 0 Å². The van der Waals surface area contributed by atoms with Gasteiger partial charge in [0.05, 0.1) is 13.2 Å². The molecule has 3 unspecified atom stereocenters. The maximum Gasteiger partial charge on any atom is 0.119 e. The molecule has 1 fully saturated rings. The van der Waals surface area contributed by atoms with Gasteiger partial charge in [-0.05, 0) is 72.4 Å². The topological polar surface area (TPSA) is 38.7 Å². The molecule has 0 bridgehead atoms. The van der Waals surface area contributed by atoms with Crippen molar-refractivity contribution in [3.05, 3.63) is 59.7 Å². The quantitative estimate of drug-likeness (QED) is 0.626. The Bertz CT molecular complexity index is 779. The van der Waals surface area contributed by atoms with E-state index in [9.17, 15) is 5.11 Å². The van der Waals surface area contributed by atoms with Gasteiger partial charge < -0.3 is 14.6 Å². The molecule has 3 heteroatoms. The van der Waals surface area contributed by atoms with Crippen LogP contribution in [0.5, 0.6) is 11.5 Å². The van der Waals surface area contributed by atoms with E-state index in [1.165, 1.54) is 17.5 Å². The lowest BCUT2D eigenvalue weighted by Crippen LogP contribution is -2.41. The van der Waals surface area contributed by atoms with E-state index in [0.29, 0.717) is 18.9 Å². The minimum absolute atomic E-state index is 0.0189. The van der Waals surface area contributed by atoms with Gasteiger partial charge in [0.1, 0.15) is 18.1 Å². The molecule has 0 aliphatic heterocycles. The van der Waals surface area contributed by atoms with Crippen LogP contribution in [0.25, 0.3) is 0 Å². The highest BCUT2D eigenvalue weighted by molar-refractivity contribution is 5.44. The second-order valence-corrected chi connectivity index (χ2v) is 9.56. The van der Waals surface area contributed by atoms with Crippen LogP contribution in [0.1, 0.15) is 64.5 Å². The van der Waals surface area contributed by atoms with Gasteiger partial charge >= 0.3 is 0 Å². The number of hydrogen-bond donors (Lipinski definition) is 1. The molecule has 29 heavy (non-hydrogen) atoms. The predicted molar refractivity (Wildman–Crippen MR) is 119 cm³/mol. The van der Waals surface area contributed by atoms with Crippen molar-refractivity contribution >= 4 is 0 Å². The molecule has 3 rings (SSSR count). The monoisotopic (exact) mass is 396 g/mol. The Morgan fingerprint density at radius 3 is 2.00 bits per heavy atom. The van der Waals surface area contributed by atoms with Crippen LogP contribution in [-0.2, 0) is 5.41 Å². The first-order chi connectivity index (χ1) is 13.8. The summed E-state index contributed by atoms with van der Waals surface area (Å²) < 4.78 is 11.2. The summed E-state index contributed by atoms with van der Waals surface area (Å²) in [6.07, 6.45) is 3.79. The fraction of sp³-hybridized carbons (Fsp3) is 0.538. The van der Waals surface area contributed by atoms with Crippen molar-refractivity contribution in [2.24, 2.45) is 11.3 Å². The first-order valence-corrected chi connectivity index (χ1v) is 10.8. The van der Waals surface area contributed by atoms with Gasteiger partial charge in [-0.25, -0.2) is 0 Å². The molecule has 0 radical (unpaired) electrons. The van der Waals surface area contributed by atoms with Gasteiger partial charge in [-0.3, -0.25) is 0 Å². The Morgan fingerprint density at radius 2 is 1.52 bits per heavy atom. The van der Waals surface area contributed by atoms with Crippen LogP contribution in [0.3, 0.4) is 0 Å². The molecule has 1 aliphatic carbocycles. The Labute approximate surface area is 176 Å². The molecule has 0 aromatic heterocycles. The summed E-state index contributed by atoms with van der Waals surface area (Å²) in [6, 6.07) is 17.1. The van der Waals surface area contributed by atoms with Crippen molar-refractivity contribution < 1.29 is 14.6 Å². The van der Waals surface area contributed by atoms with Gasteiger partial charge in [0.2, 0.25) is 0 Å². The van der Waals surface area contributed by atoms with Crippen LogP contribution in [0.4, 0.5) is 0 Å². The molecule has 3 nitrogen and oxygen atoms in total. The Morgan fingerprint density at radius 1 is 0.966 bits per heavy atom. The summed E-state index contributed by atoms with van der Waals surface area (Å²) >= 11 is 0. The number of methoxy groups -OCH3 is 1. The number of aliphatic hydroxyl groups excluding tert-OH is 1. The molecule has 1 N–H and O–H groups in total. The van der Waals surface area contributed by atoms with Crippen molar-refractivity contribution in [1.29, 1.82) is 0 Å². The Hall–Kier alpha value is -2.00. The molecule has 2 aromatic carbocycles. The highest BCUT2D eigenvalue weighted by Crippen LogP contribution is 2.53. The van der Waals surface area contributed by atoms with Crippen LogP contribution >= 0.6 is 0 Å². The molecule has 0 amide bonds. The molecule has 2 aromatic rings. The second-order valence-electron chi connectivity index (χ2n) is 9.56. The lowest BCUT2D eigenvalue weighted by atomic mass is 9.55. The van der Waals surface area contributed by atoms with Crippen LogP contribution < -0.4 is 9.47 Å². The van der Waals surface area contributed by atoms with Gasteiger partial charge in [0, 0.05) is 5.41 Å². The van der Waals surface area contributed by atoms with Gasteiger partial charge in [0.25, 0.3) is 0 Å². The van der Waals surface area contributed by atoms with E-state index < -0.39 is 6.10 Å². The number of benzene rings is 2. The minimum atomic E-state index is -0.416. The second kappa shape index (κ2) is 8.79. The lowest BCUT2D eigenvalue weighted by Gasteiger charge is -2.48. The molecular formula is C26H36O3. The maximum atomic E-state index is 9.76. The van der Waals surface area contributed by atoms with Gasteiger partial charge in [-0.1, -0.05) is 52.0 Å². The first kappa shape index (κ1) is 21.7. The highest BCUT2D eigenvalue weighted by atomic mass is 16.5. The van der Waals surface area contributed by atoms with E-state index in [-0.39, 0.29) is 10.8 Å². The average Bonchev–Trinajstić information content (AvgIpc) is 2.70. The van der Waals surface area contributed by atoms with Crippen molar-refractivity contribution in [2.75, 3.05) is 13.7 Å². The van der Waals surface area contributed by atoms with E-state index in [4.69, 9.17) is 9.47 Å². The van der Waals surface area contributed by atoms with E-state index in [1.54, 1.807) is 7.11 Å². The fourth-order valence-corrected chi connectivity index (χ4v) is 5.27. The molecule has 1 aliphatic rings. The van der Waals surface area contributed by atoms with Crippen LogP contribution in [0.2, 0.25) is 0 Å². The normalized spacial score (nSPS) is 24.7. The zero-order valence-electron chi connectivity index (χ0n) is 18.6. The van der Waals surface area contributed by atoms with E-state index >= 15 is 0 Å². The fourth-order valence-electron chi connectivity index (χ4n) is 5.27. The summed E-state index contributed by atoms with van der Waals surface area (Å²) in [7, 11) is 1.71. The van der Waals surface area contributed by atoms with Crippen molar-refractivity contribution in [3.8, 4) is 11.5 Å². The summed E-state index contributed by atoms with van der Waals surface area (Å²) in [5.74, 6) is 2.36. The first-order valence-electron chi connectivity index (χ1n) is 10.8. The minimum Gasteiger partial charge on any atom is -0.497 e. The number of ether oxygens (including phenoxy) is 2. The van der Waals surface area contributed by atoms with Crippen LogP contribution in [-0.4, -0.2) is 24.9 Å². The molecule has 1 saturated carbocycles. The molecule has 158 valence electrons. The average molecular weight is 397 g/mol. The molecular weight excluding hydrogens is 360 g/mol. The molecule has 0 saturated heterocycles. The predicted octanol–water partition coefficient (Wildman–Crippen LogP) is 5.98. The summed E-state index contributed by atoms with van der Waals surface area (Å²) in [4.78, 5) is 0. The number of aliphatic hydroxyl groups is 1. The zero-order valence-corrected chi connectivity index (χ0v) is 18.6. The van der Waals surface area contributed by atoms with Crippen LogP contribution in [0.15, 0.2) is 48.5 Å². The maximum absolute atomic E-state index is 9.76. The summed E-state index contributed by atoms with van der Waals surface area (Å²) in [5, 5.41) is 9.76. The van der Waals surface area contributed by atoms with E-state index in [1.807, 2.05) is 6.92 Å². The Balaban J connectivity index is 1.97. The molecule has 3 atom stereocenters. The third-order valence-electron chi connectivity index (χ3n) is 6.34. The summed E-state index contributed by atoms with van der Waals surface area (Å²) in [6.45, 7) is 9.46. The Kier molecular flexibility index (Phi) is 6.58. The van der Waals surface area contributed by atoms with Crippen molar-refractivity contribution in [1.82, 2.24) is 0 Å². The largest absolute Gasteiger partial charge is 0.497 e. The van der Waals surface area contributed by atoms with E-state index in [0.717, 1.165) is 24.3 Å². The lowest BCUT2D eigenvalue weighted by molar-refractivity contribution is 0.104. The van der Waals surface area contributed by atoms with Gasteiger partial charge in [0.15, 0.2) is 0 Å². The van der Waals surface area contributed by atoms with Crippen LogP contribution in [0, 0.1) is 11.3 Å².